The summed E-state index contributed by atoms with van der Waals surface area (Å²) in [4.78, 5) is 13.7. The molecule has 0 aliphatic carbocycles. The average Bonchev–Trinajstić information content (AvgIpc) is 3.59. The van der Waals surface area contributed by atoms with E-state index in [0.29, 0.717) is 0 Å². The van der Waals surface area contributed by atoms with Gasteiger partial charge in [0.05, 0.1) is 10.4 Å². The second-order valence-corrected chi connectivity index (χ2v) is 8.89. The molecular weight excluding hydrogens is 412 g/mol. The lowest BCUT2D eigenvalue weighted by atomic mass is 10.0. The van der Waals surface area contributed by atoms with Crippen molar-refractivity contribution in [1.29, 1.82) is 0 Å². The minimum absolute atomic E-state index is 0.0133. The Hall–Kier alpha value is -3.89. The monoisotopic (exact) mass is 432 g/mol. The number of nitrogens with zero attached hydrogens (tertiary/aromatic N) is 2. The fourth-order valence-corrected chi connectivity index (χ4v) is 4.95. The second-order valence-electron chi connectivity index (χ2n) is 7.94. The van der Waals surface area contributed by atoms with Crippen LogP contribution in [0.5, 0.6) is 0 Å². The highest BCUT2D eigenvalue weighted by Crippen LogP contribution is 2.29. The van der Waals surface area contributed by atoms with Crippen molar-refractivity contribution in [3.05, 3.63) is 119 Å². The number of rotatable bonds is 4. The van der Waals surface area contributed by atoms with Gasteiger partial charge in [0.25, 0.3) is 5.91 Å². The van der Waals surface area contributed by atoms with Gasteiger partial charge in [-0.25, -0.2) is 0 Å². The molecule has 0 fully saturated rings. The van der Waals surface area contributed by atoms with Crippen LogP contribution in [0.2, 0.25) is 0 Å². The van der Waals surface area contributed by atoms with E-state index < -0.39 is 0 Å². The molecule has 0 radical (unpaired) electrons. The molecule has 0 atom stereocenters. The molecular formula is C28H20N2OS. The minimum Gasteiger partial charge on any atom is -0.343 e. The maximum absolute atomic E-state index is 13.0. The summed E-state index contributed by atoms with van der Waals surface area (Å²) < 4.78 is 4.04. The molecule has 6 rings (SSSR count). The van der Waals surface area contributed by atoms with Crippen molar-refractivity contribution in [3.8, 4) is 11.1 Å². The summed E-state index contributed by atoms with van der Waals surface area (Å²) in [6.45, 7) is 0.838. The van der Waals surface area contributed by atoms with E-state index in [4.69, 9.17) is 0 Å². The Kier molecular flexibility index (Phi) is 4.51. The Labute approximate surface area is 189 Å². The molecule has 0 aliphatic heterocycles. The van der Waals surface area contributed by atoms with E-state index in [2.05, 4.69) is 77.5 Å². The van der Waals surface area contributed by atoms with Crippen LogP contribution in [0.15, 0.2) is 109 Å². The van der Waals surface area contributed by atoms with Gasteiger partial charge in [-0.15, -0.1) is 11.3 Å². The summed E-state index contributed by atoms with van der Waals surface area (Å²) in [6.07, 6.45) is 4.01. The fraction of sp³-hybridized carbons (Fsp3) is 0.0357. The number of carbonyl (C=O) groups is 1. The lowest BCUT2D eigenvalue weighted by molar-refractivity contribution is 0.0969. The van der Waals surface area contributed by atoms with Gasteiger partial charge in [-0.1, -0.05) is 60.7 Å². The standard InChI is InChI=1S/C28H20N2OS/c31-28(27-7-4-16-32-27)30-15-13-22-9-11-24(18-26(22)30)23-10-8-21-12-14-29(25(21)17-23)19-20-5-2-1-3-6-20/h1-18H,19H2. The van der Waals surface area contributed by atoms with Gasteiger partial charge >= 0.3 is 0 Å². The Balaban J connectivity index is 1.41. The van der Waals surface area contributed by atoms with Crippen LogP contribution in [0.4, 0.5) is 0 Å². The van der Waals surface area contributed by atoms with Gasteiger partial charge in [-0.3, -0.25) is 9.36 Å². The molecule has 0 aliphatic rings. The van der Waals surface area contributed by atoms with Crippen LogP contribution in [0.3, 0.4) is 0 Å². The first-order valence-electron chi connectivity index (χ1n) is 10.6. The Morgan fingerprint density at radius 1 is 0.719 bits per heavy atom. The van der Waals surface area contributed by atoms with Gasteiger partial charge < -0.3 is 4.57 Å². The van der Waals surface area contributed by atoms with Crippen LogP contribution in [0, 0.1) is 0 Å². The third-order valence-corrected chi connectivity index (χ3v) is 6.80. The molecule has 3 heterocycles. The number of aromatic nitrogens is 2. The molecule has 0 amide bonds. The normalized spacial score (nSPS) is 11.4. The number of benzene rings is 3. The van der Waals surface area contributed by atoms with Crippen LogP contribution in [0.1, 0.15) is 15.2 Å². The number of hydrogen-bond acceptors (Lipinski definition) is 2. The molecule has 0 saturated carbocycles. The highest BCUT2D eigenvalue weighted by molar-refractivity contribution is 7.12. The molecule has 4 heteroatoms. The zero-order valence-electron chi connectivity index (χ0n) is 17.3. The van der Waals surface area contributed by atoms with Crippen LogP contribution in [-0.2, 0) is 6.54 Å². The van der Waals surface area contributed by atoms with Gasteiger partial charge in [-0.2, -0.15) is 0 Å². The van der Waals surface area contributed by atoms with Crippen molar-refractivity contribution in [3.63, 3.8) is 0 Å². The summed E-state index contributed by atoms with van der Waals surface area (Å²) in [5.74, 6) is 0.0133. The van der Waals surface area contributed by atoms with Crippen molar-refractivity contribution in [2.75, 3.05) is 0 Å². The fourth-order valence-electron chi connectivity index (χ4n) is 4.29. The highest BCUT2D eigenvalue weighted by atomic mass is 32.1. The molecule has 0 unspecified atom stereocenters. The zero-order valence-corrected chi connectivity index (χ0v) is 18.1. The van der Waals surface area contributed by atoms with E-state index in [0.717, 1.165) is 33.5 Å². The van der Waals surface area contributed by atoms with Crippen LogP contribution < -0.4 is 0 Å². The van der Waals surface area contributed by atoms with Crippen LogP contribution >= 0.6 is 11.3 Å². The third kappa shape index (κ3) is 3.26. The van der Waals surface area contributed by atoms with Crippen LogP contribution in [-0.4, -0.2) is 15.0 Å². The van der Waals surface area contributed by atoms with Gasteiger partial charge in [0.1, 0.15) is 0 Å². The smallest absolute Gasteiger partial charge is 0.272 e. The maximum Gasteiger partial charge on any atom is 0.272 e. The number of fused-ring (bicyclic) bond motifs is 2. The molecule has 3 nitrogen and oxygen atoms in total. The molecule has 0 bridgehead atoms. The molecule has 154 valence electrons. The molecule has 3 aromatic heterocycles. The van der Waals surface area contributed by atoms with E-state index in [1.165, 1.54) is 27.8 Å². The summed E-state index contributed by atoms with van der Waals surface area (Å²) in [5, 5.41) is 4.22. The van der Waals surface area contributed by atoms with Crippen molar-refractivity contribution >= 4 is 39.0 Å². The number of thiophene rings is 1. The molecule has 0 N–H and O–H groups in total. The molecule has 32 heavy (non-hydrogen) atoms. The largest absolute Gasteiger partial charge is 0.343 e. The predicted molar refractivity (Wildman–Crippen MR) is 132 cm³/mol. The first-order chi connectivity index (χ1) is 15.8. The maximum atomic E-state index is 13.0. The van der Waals surface area contributed by atoms with E-state index in [-0.39, 0.29) is 5.91 Å². The molecule has 6 aromatic rings. The van der Waals surface area contributed by atoms with Crippen molar-refractivity contribution in [2.24, 2.45) is 0 Å². The Bertz CT molecular complexity index is 1560. The van der Waals surface area contributed by atoms with E-state index in [1.54, 1.807) is 4.57 Å². The molecule has 0 saturated heterocycles. The van der Waals surface area contributed by atoms with E-state index in [9.17, 15) is 4.79 Å². The summed E-state index contributed by atoms with van der Waals surface area (Å²) in [5.41, 5.74) is 5.66. The first kappa shape index (κ1) is 18.8. The van der Waals surface area contributed by atoms with E-state index in [1.807, 2.05) is 35.8 Å². The van der Waals surface area contributed by atoms with Gasteiger partial charge in [0.15, 0.2) is 0 Å². The lowest BCUT2D eigenvalue weighted by Crippen LogP contribution is -2.08. The van der Waals surface area contributed by atoms with Gasteiger partial charge in [0.2, 0.25) is 0 Å². The topological polar surface area (TPSA) is 26.9 Å². The van der Waals surface area contributed by atoms with Crippen molar-refractivity contribution in [2.45, 2.75) is 6.54 Å². The second kappa shape index (κ2) is 7.66. The van der Waals surface area contributed by atoms with E-state index >= 15 is 0 Å². The van der Waals surface area contributed by atoms with Gasteiger partial charge in [0, 0.05) is 29.8 Å². The summed E-state index contributed by atoms with van der Waals surface area (Å²) >= 11 is 1.47. The Morgan fingerprint density at radius 2 is 1.44 bits per heavy atom. The van der Waals surface area contributed by atoms with Crippen molar-refractivity contribution < 1.29 is 4.79 Å². The van der Waals surface area contributed by atoms with Crippen molar-refractivity contribution in [1.82, 2.24) is 9.13 Å². The molecule has 3 aromatic carbocycles. The SMILES string of the molecule is O=C(c1cccs1)n1ccc2ccc(-c3ccc4ccn(Cc5ccccc5)c4c3)cc21. The lowest BCUT2D eigenvalue weighted by Gasteiger charge is -2.09. The Morgan fingerprint density at radius 3 is 2.19 bits per heavy atom. The molecule has 0 spiro atoms. The first-order valence-corrected chi connectivity index (χ1v) is 11.5. The minimum atomic E-state index is 0.0133. The number of carbonyl (C=O) groups excluding carboxylic acids is 1. The quantitative estimate of drug-likeness (QED) is 0.293. The summed E-state index contributed by atoms with van der Waals surface area (Å²) in [7, 11) is 0. The third-order valence-electron chi connectivity index (χ3n) is 5.95. The number of hydrogen-bond donors (Lipinski definition) is 0. The predicted octanol–water partition coefficient (Wildman–Crippen LogP) is 7.06. The summed E-state index contributed by atoms with van der Waals surface area (Å²) in [6, 6.07) is 31.4. The van der Waals surface area contributed by atoms with Gasteiger partial charge in [-0.05, 0) is 57.8 Å². The zero-order chi connectivity index (χ0) is 21.5. The van der Waals surface area contributed by atoms with Crippen LogP contribution in [0.25, 0.3) is 32.9 Å². The highest BCUT2D eigenvalue weighted by Gasteiger charge is 2.13. The average molecular weight is 433 g/mol.